The summed E-state index contributed by atoms with van der Waals surface area (Å²) in [7, 11) is 0. The molecule has 10 nitrogen and oxygen atoms in total. The number of nitrogens with one attached hydrogen (secondary N) is 1. The van der Waals surface area contributed by atoms with Crippen LogP contribution in [0.1, 0.15) is 23.3 Å². The molecule has 0 radical (unpaired) electrons. The molecule has 1 fully saturated rings. The lowest BCUT2D eigenvalue weighted by molar-refractivity contribution is -0.0511. The maximum absolute atomic E-state index is 10.4. The SMILES string of the molecule is Nc1nc(NCC(c2ccccc2)c2ccccc2)nc2c1ncn2[C@@H]1O[C@H](CO)[C@@H](O)[C@H]1O. The Balaban J connectivity index is 1.44. The Morgan fingerprint density at radius 1 is 0.971 bits per heavy atom. The maximum atomic E-state index is 10.4. The molecular weight excluding hydrogens is 436 g/mol. The molecule has 0 saturated carbocycles. The maximum Gasteiger partial charge on any atom is 0.226 e. The minimum Gasteiger partial charge on any atom is -0.394 e. The van der Waals surface area contributed by atoms with Crippen molar-refractivity contribution in [2.75, 3.05) is 24.2 Å². The van der Waals surface area contributed by atoms with Crippen LogP contribution in [0.25, 0.3) is 11.2 Å². The zero-order valence-corrected chi connectivity index (χ0v) is 18.3. The van der Waals surface area contributed by atoms with E-state index in [4.69, 9.17) is 10.5 Å². The first kappa shape index (κ1) is 22.2. The monoisotopic (exact) mass is 462 g/mol. The highest BCUT2D eigenvalue weighted by molar-refractivity contribution is 5.83. The van der Waals surface area contributed by atoms with E-state index in [-0.39, 0.29) is 11.7 Å². The highest BCUT2D eigenvalue weighted by Gasteiger charge is 2.44. The molecule has 10 heteroatoms. The van der Waals surface area contributed by atoms with E-state index in [1.165, 1.54) is 10.9 Å². The number of benzene rings is 2. The molecule has 1 aliphatic heterocycles. The first-order chi connectivity index (χ1) is 16.6. The molecule has 0 bridgehead atoms. The van der Waals surface area contributed by atoms with Crippen molar-refractivity contribution >= 4 is 22.9 Å². The van der Waals surface area contributed by atoms with Gasteiger partial charge in [0.2, 0.25) is 5.95 Å². The van der Waals surface area contributed by atoms with Gasteiger partial charge in [-0.15, -0.1) is 0 Å². The zero-order valence-electron chi connectivity index (χ0n) is 18.3. The number of nitrogens with two attached hydrogens (primary N) is 1. The molecule has 3 heterocycles. The molecule has 0 amide bonds. The van der Waals surface area contributed by atoms with Gasteiger partial charge in [-0.3, -0.25) is 4.57 Å². The number of aliphatic hydroxyl groups is 3. The molecular formula is C24H26N6O4. The number of imidazole rings is 1. The van der Waals surface area contributed by atoms with E-state index in [1.807, 2.05) is 36.4 Å². The van der Waals surface area contributed by atoms with Gasteiger partial charge in [0.1, 0.15) is 23.8 Å². The number of anilines is 2. The topological polar surface area (TPSA) is 152 Å². The van der Waals surface area contributed by atoms with E-state index < -0.39 is 31.1 Å². The van der Waals surface area contributed by atoms with Crippen LogP contribution in [0.4, 0.5) is 11.8 Å². The van der Waals surface area contributed by atoms with Crippen LogP contribution in [0, 0.1) is 0 Å². The Kier molecular flexibility index (Phi) is 6.12. The summed E-state index contributed by atoms with van der Waals surface area (Å²) in [5, 5.41) is 33.3. The third-order valence-corrected chi connectivity index (χ3v) is 6.11. The number of hydrogen-bond acceptors (Lipinski definition) is 9. The summed E-state index contributed by atoms with van der Waals surface area (Å²) >= 11 is 0. The zero-order chi connectivity index (χ0) is 23.7. The van der Waals surface area contributed by atoms with Crippen molar-refractivity contribution < 1.29 is 20.1 Å². The molecule has 4 aromatic rings. The first-order valence-electron chi connectivity index (χ1n) is 11.0. The number of aromatic nitrogens is 4. The van der Waals surface area contributed by atoms with Gasteiger partial charge in [0.05, 0.1) is 12.9 Å². The number of ether oxygens (including phenoxy) is 1. The van der Waals surface area contributed by atoms with Gasteiger partial charge in [0.25, 0.3) is 0 Å². The second-order valence-electron chi connectivity index (χ2n) is 8.24. The minimum absolute atomic E-state index is 0.0493. The van der Waals surface area contributed by atoms with Crippen LogP contribution in [0.15, 0.2) is 67.0 Å². The predicted molar refractivity (Wildman–Crippen MR) is 126 cm³/mol. The quantitative estimate of drug-likeness (QED) is 0.273. The van der Waals surface area contributed by atoms with Gasteiger partial charge in [-0.05, 0) is 11.1 Å². The molecule has 176 valence electrons. The van der Waals surface area contributed by atoms with E-state index in [0.717, 1.165) is 11.1 Å². The smallest absolute Gasteiger partial charge is 0.226 e. The van der Waals surface area contributed by atoms with E-state index in [1.54, 1.807) is 0 Å². The molecule has 34 heavy (non-hydrogen) atoms. The summed E-state index contributed by atoms with van der Waals surface area (Å²) in [5.41, 5.74) is 9.14. The van der Waals surface area contributed by atoms with Crippen molar-refractivity contribution in [2.45, 2.75) is 30.5 Å². The predicted octanol–water partition coefficient (Wildman–Crippen LogP) is 1.26. The summed E-state index contributed by atoms with van der Waals surface area (Å²) < 4.78 is 7.13. The van der Waals surface area contributed by atoms with E-state index in [0.29, 0.717) is 23.7 Å². The summed E-state index contributed by atoms with van der Waals surface area (Å²) in [6, 6.07) is 20.3. The van der Waals surface area contributed by atoms with Crippen LogP contribution in [-0.2, 0) is 4.74 Å². The highest BCUT2D eigenvalue weighted by Crippen LogP contribution is 2.32. The van der Waals surface area contributed by atoms with Gasteiger partial charge in [0.15, 0.2) is 17.7 Å². The largest absolute Gasteiger partial charge is 0.394 e. The number of hydrogen-bond donors (Lipinski definition) is 5. The summed E-state index contributed by atoms with van der Waals surface area (Å²) in [5.74, 6) is 0.526. The van der Waals surface area contributed by atoms with Crippen LogP contribution >= 0.6 is 0 Å². The van der Waals surface area contributed by atoms with Crippen molar-refractivity contribution in [3.8, 4) is 0 Å². The highest BCUT2D eigenvalue weighted by atomic mass is 16.6. The van der Waals surface area contributed by atoms with Gasteiger partial charge >= 0.3 is 0 Å². The number of nitrogen functional groups attached to an aromatic ring is 1. The Morgan fingerprint density at radius 2 is 1.62 bits per heavy atom. The molecule has 2 aromatic heterocycles. The molecule has 2 aromatic carbocycles. The third-order valence-electron chi connectivity index (χ3n) is 6.11. The number of aliphatic hydroxyl groups excluding tert-OH is 3. The number of fused-ring (bicyclic) bond motifs is 1. The number of rotatable bonds is 7. The summed E-state index contributed by atoms with van der Waals surface area (Å²) in [6.07, 6.45) is -2.95. The first-order valence-corrected chi connectivity index (χ1v) is 11.0. The average Bonchev–Trinajstić information content (AvgIpc) is 3.41. The van der Waals surface area contributed by atoms with Gasteiger partial charge in [-0.25, -0.2) is 4.98 Å². The summed E-state index contributed by atoms with van der Waals surface area (Å²) in [6.45, 7) is 0.0899. The second kappa shape index (κ2) is 9.35. The van der Waals surface area contributed by atoms with E-state index in [9.17, 15) is 15.3 Å². The molecule has 5 rings (SSSR count). The molecule has 0 aliphatic carbocycles. The van der Waals surface area contributed by atoms with Crippen LogP contribution in [0.5, 0.6) is 0 Å². The van der Waals surface area contributed by atoms with Gasteiger partial charge < -0.3 is 31.1 Å². The standard InChI is InChI=1S/C24H26N6O4/c25-21-18-22(30(13-27-18)23-20(33)19(32)17(12-31)34-23)29-24(28-21)26-11-16(14-7-3-1-4-8-14)15-9-5-2-6-10-15/h1-10,13,16-17,19-20,23,31-33H,11-12H2,(H3,25,26,28,29)/t17-,19-,20-,23-/m1/s1. The Morgan fingerprint density at radius 3 is 2.21 bits per heavy atom. The lowest BCUT2D eigenvalue weighted by Crippen LogP contribution is -2.33. The van der Waals surface area contributed by atoms with Crippen molar-refractivity contribution in [1.82, 2.24) is 19.5 Å². The second-order valence-corrected chi connectivity index (χ2v) is 8.24. The fourth-order valence-corrected chi connectivity index (χ4v) is 4.31. The molecule has 0 unspecified atom stereocenters. The lowest BCUT2D eigenvalue weighted by Gasteiger charge is -2.19. The van der Waals surface area contributed by atoms with Crippen molar-refractivity contribution in [1.29, 1.82) is 0 Å². The molecule has 4 atom stereocenters. The molecule has 1 aliphatic rings. The van der Waals surface area contributed by atoms with Gasteiger partial charge in [-0.2, -0.15) is 9.97 Å². The van der Waals surface area contributed by atoms with E-state index >= 15 is 0 Å². The fourth-order valence-electron chi connectivity index (χ4n) is 4.31. The Bertz CT molecular complexity index is 1210. The van der Waals surface area contributed by atoms with E-state index in [2.05, 4.69) is 44.5 Å². The van der Waals surface area contributed by atoms with Gasteiger partial charge in [0, 0.05) is 12.5 Å². The normalized spacial score (nSPS) is 22.5. The number of nitrogens with zero attached hydrogens (tertiary/aromatic N) is 4. The van der Waals surface area contributed by atoms with Crippen molar-refractivity contribution in [3.63, 3.8) is 0 Å². The average molecular weight is 463 g/mol. The third kappa shape index (κ3) is 4.08. The van der Waals surface area contributed by atoms with Crippen LogP contribution in [0.3, 0.4) is 0 Å². The van der Waals surface area contributed by atoms with Crippen LogP contribution < -0.4 is 11.1 Å². The molecule has 0 spiro atoms. The molecule has 6 N–H and O–H groups in total. The molecule has 1 saturated heterocycles. The Labute approximate surface area is 195 Å². The van der Waals surface area contributed by atoms with Crippen LogP contribution in [-0.4, -0.2) is 66.3 Å². The Hall–Kier alpha value is -3.57. The fraction of sp³-hybridized carbons (Fsp3) is 0.292. The van der Waals surface area contributed by atoms with Gasteiger partial charge in [-0.1, -0.05) is 60.7 Å². The summed E-state index contributed by atoms with van der Waals surface area (Å²) in [4.78, 5) is 13.2. The van der Waals surface area contributed by atoms with Crippen molar-refractivity contribution in [2.24, 2.45) is 0 Å². The lowest BCUT2D eigenvalue weighted by atomic mass is 9.91. The minimum atomic E-state index is -1.26. The van der Waals surface area contributed by atoms with Crippen LogP contribution in [0.2, 0.25) is 0 Å². The van der Waals surface area contributed by atoms with Crippen molar-refractivity contribution in [3.05, 3.63) is 78.1 Å².